The molecule has 0 heterocycles. The Kier molecular flexibility index (Phi) is 3.64. The van der Waals surface area contributed by atoms with Gasteiger partial charge in [0.15, 0.2) is 0 Å². The lowest BCUT2D eigenvalue weighted by molar-refractivity contribution is 0.628. The van der Waals surface area contributed by atoms with E-state index in [-0.39, 0.29) is 5.02 Å². The molecule has 0 amide bonds. The normalized spacial score (nSPS) is 10.3. The fraction of sp³-hybridized carbons (Fsp3) is 0.143. The third kappa shape index (κ3) is 3.21. The molecule has 88 valence electrons. The Morgan fingerprint density at radius 3 is 2.71 bits per heavy atom. The minimum Gasteiger partial charge on any atom is -0.381 e. The molecule has 0 atom stereocenters. The van der Waals surface area contributed by atoms with E-state index in [0.717, 1.165) is 5.69 Å². The standard InChI is InChI=1S/C14H13ClFN/c1-10-3-2-4-11(7-10)9-17-12-5-6-13(15)14(16)8-12/h2-8,17H,9H2,1H3. The SMILES string of the molecule is Cc1cccc(CNc2ccc(Cl)c(F)c2)c1. The first kappa shape index (κ1) is 11.9. The van der Waals surface area contributed by atoms with Crippen molar-refractivity contribution in [2.45, 2.75) is 13.5 Å². The summed E-state index contributed by atoms with van der Waals surface area (Å²) >= 11 is 5.62. The molecule has 0 aliphatic rings. The molecule has 0 aliphatic heterocycles. The van der Waals surface area contributed by atoms with Gasteiger partial charge in [-0.2, -0.15) is 0 Å². The van der Waals surface area contributed by atoms with Gasteiger partial charge in [0.1, 0.15) is 5.82 Å². The molecule has 1 N–H and O–H groups in total. The van der Waals surface area contributed by atoms with Gasteiger partial charge >= 0.3 is 0 Å². The summed E-state index contributed by atoms with van der Waals surface area (Å²) in [6, 6.07) is 12.9. The van der Waals surface area contributed by atoms with Gasteiger partial charge in [0, 0.05) is 12.2 Å². The van der Waals surface area contributed by atoms with Crippen LogP contribution in [0.2, 0.25) is 5.02 Å². The molecule has 2 aromatic carbocycles. The average molecular weight is 250 g/mol. The van der Waals surface area contributed by atoms with E-state index in [1.54, 1.807) is 12.1 Å². The minimum atomic E-state index is -0.402. The van der Waals surface area contributed by atoms with Crippen LogP contribution in [0, 0.1) is 12.7 Å². The summed E-state index contributed by atoms with van der Waals surface area (Å²) in [5.74, 6) is -0.402. The highest BCUT2D eigenvalue weighted by Crippen LogP contribution is 2.19. The Balaban J connectivity index is 2.05. The van der Waals surface area contributed by atoms with Crippen LogP contribution in [-0.2, 0) is 6.54 Å². The monoisotopic (exact) mass is 249 g/mol. The number of aryl methyl sites for hydroxylation is 1. The number of hydrogen-bond acceptors (Lipinski definition) is 1. The molecular weight excluding hydrogens is 237 g/mol. The number of nitrogens with one attached hydrogen (secondary N) is 1. The first-order chi connectivity index (χ1) is 8.15. The predicted octanol–water partition coefficient (Wildman–Crippen LogP) is 4.40. The van der Waals surface area contributed by atoms with E-state index in [4.69, 9.17) is 11.6 Å². The lowest BCUT2D eigenvalue weighted by Gasteiger charge is -2.07. The van der Waals surface area contributed by atoms with Crippen molar-refractivity contribution in [1.29, 1.82) is 0 Å². The second-order valence-corrected chi connectivity index (χ2v) is 4.38. The second kappa shape index (κ2) is 5.19. The van der Waals surface area contributed by atoms with Crippen LogP contribution in [0.1, 0.15) is 11.1 Å². The van der Waals surface area contributed by atoms with Crippen LogP contribution in [0.4, 0.5) is 10.1 Å². The molecule has 0 unspecified atom stereocenters. The summed E-state index contributed by atoms with van der Waals surface area (Å²) in [5.41, 5.74) is 3.11. The van der Waals surface area contributed by atoms with Gasteiger partial charge in [0.2, 0.25) is 0 Å². The van der Waals surface area contributed by atoms with E-state index in [9.17, 15) is 4.39 Å². The molecule has 0 aliphatic carbocycles. The highest BCUT2D eigenvalue weighted by Gasteiger charge is 2.00. The lowest BCUT2D eigenvalue weighted by atomic mass is 10.1. The molecule has 0 aromatic heterocycles. The van der Waals surface area contributed by atoms with Gasteiger partial charge in [-0.25, -0.2) is 4.39 Å². The summed E-state index contributed by atoms with van der Waals surface area (Å²) in [7, 11) is 0. The van der Waals surface area contributed by atoms with Crippen LogP contribution in [0.5, 0.6) is 0 Å². The van der Waals surface area contributed by atoms with Crippen molar-refractivity contribution in [3.05, 3.63) is 64.4 Å². The van der Waals surface area contributed by atoms with E-state index in [1.807, 2.05) is 25.1 Å². The summed E-state index contributed by atoms with van der Waals surface area (Å²) in [5, 5.41) is 3.30. The third-order valence-corrected chi connectivity index (χ3v) is 2.81. The van der Waals surface area contributed by atoms with Gasteiger partial charge in [0.05, 0.1) is 5.02 Å². The highest BCUT2D eigenvalue weighted by molar-refractivity contribution is 6.30. The zero-order chi connectivity index (χ0) is 12.3. The molecule has 0 spiro atoms. The fourth-order valence-electron chi connectivity index (χ4n) is 1.63. The summed E-state index contributed by atoms with van der Waals surface area (Å²) in [6.45, 7) is 2.72. The Morgan fingerprint density at radius 2 is 2.00 bits per heavy atom. The van der Waals surface area contributed by atoms with Gasteiger partial charge in [-0.1, -0.05) is 41.4 Å². The molecule has 17 heavy (non-hydrogen) atoms. The first-order valence-electron chi connectivity index (χ1n) is 5.39. The maximum atomic E-state index is 13.2. The Bertz CT molecular complexity index is 525. The summed E-state index contributed by atoms with van der Waals surface area (Å²) in [6.07, 6.45) is 0. The van der Waals surface area contributed by atoms with Gasteiger partial charge in [0.25, 0.3) is 0 Å². The molecule has 0 saturated carbocycles. The van der Waals surface area contributed by atoms with E-state index >= 15 is 0 Å². The van der Waals surface area contributed by atoms with Crippen molar-refractivity contribution in [3.8, 4) is 0 Å². The molecule has 0 saturated heterocycles. The zero-order valence-corrected chi connectivity index (χ0v) is 10.3. The molecule has 2 rings (SSSR count). The average Bonchev–Trinajstić information content (AvgIpc) is 2.31. The van der Waals surface area contributed by atoms with E-state index in [0.29, 0.717) is 6.54 Å². The topological polar surface area (TPSA) is 12.0 Å². The van der Waals surface area contributed by atoms with Crippen molar-refractivity contribution in [2.75, 3.05) is 5.32 Å². The van der Waals surface area contributed by atoms with Crippen LogP contribution in [-0.4, -0.2) is 0 Å². The quantitative estimate of drug-likeness (QED) is 0.850. The molecular formula is C14H13ClFN. The van der Waals surface area contributed by atoms with Crippen molar-refractivity contribution >= 4 is 17.3 Å². The van der Waals surface area contributed by atoms with E-state index in [2.05, 4.69) is 11.4 Å². The second-order valence-electron chi connectivity index (χ2n) is 3.97. The maximum absolute atomic E-state index is 13.2. The number of hydrogen-bond donors (Lipinski definition) is 1. The highest BCUT2D eigenvalue weighted by atomic mass is 35.5. The lowest BCUT2D eigenvalue weighted by Crippen LogP contribution is -1.99. The number of anilines is 1. The fourth-order valence-corrected chi connectivity index (χ4v) is 1.75. The van der Waals surface area contributed by atoms with E-state index in [1.165, 1.54) is 17.2 Å². The van der Waals surface area contributed by atoms with Crippen LogP contribution in [0.25, 0.3) is 0 Å². The number of rotatable bonds is 3. The number of halogens is 2. The van der Waals surface area contributed by atoms with Gasteiger partial charge in [-0.15, -0.1) is 0 Å². The summed E-state index contributed by atoms with van der Waals surface area (Å²) < 4.78 is 13.2. The summed E-state index contributed by atoms with van der Waals surface area (Å²) in [4.78, 5) is 0. The predicted molar refractivity (Wildman–Crippen MR) is 69.9 cm³/mol. The molecule has 1 nitrogen and oxygen atoms in total. The van der Waals surface area contributed by atoms with Gasteiger partial charge in [-0.05, 0) is 30.7 Å². The van der Waals surface area contributed by atoms with E-state index < -0.39 is 5.82 Å². The van der Waals surface area contributed by atoms with Gasteiger partial charge in [-0.3, -0.25) is 0 Å². The smallest absolute Gasteiger partial charge is 0.143 e. The molecule has 3 heteroatoms. The molecule has 0 bridgehead atoms. The van der Waals surface area contributed by atoms with Crippen molar-refractivity contribution < 1.29 is 4.39 Å². The minimum absolute atomic E-state index is 0.145. The molecule has 0 fully saturated rings. The third-order valence-electron chi connectivity index (χ3n) is 2.50. The molecule has 2 aromatic rings. The van der Waals surface area contributed by atoms with Crippen molar-refractivity contribution in [3.63, 3.8) is 0 Å². The first-order valence-corrected chi connectivity index (χ1v) is 5.77. The zero-order valence-electron chi connectivity index (χ0n) is 9.50. The molecule has 0 radical (unpaired) electrons. The number of benzene rings is 2. The van der Waals surface area contributed by atoms with Crippen LogP contribution >= 0.6 is 11.6 Å². The van der Waals surface area contributed by atoms with Crippen LogP contribution in [0.3, 0.4) is 0 Å². The Hall–Kier alpha value is -1.54. The Morgan fingerprint density at radius 1 is 1.18 bits per heavy atom. The largest absolute Gasteiger partial charge is 0.381 e. The Labute approximate surface area is 105 Å². The maximum Gasteiger partial charge on any atom is 0.143 e. The van der Waals surface area contributed by atoms with Crippen molar-refractivity contribution in [1.82, 2.24) is 0 Å². The van der Waals surface area contributed by atoms with Crippen LogP contribution in [0.15, 0.2) is 42.5 Å². The van der Waals surface area contributed by atoms with Crippen LogP contribution < -0.4 is 5.32 Å². The van der Waals surface area contributed by atoms with Gasteiger partial charge < -0.3 is 5.32 Å². The van der Waals surface area contributed by atoms with Crippen molar-refractivity contribution in [2.24, 2.45) is 0 Å².